The SMILES string of the molecule is [2H]N([2H])[13C](=O)[13C]([2H])([2H])[13C]([2H])([2H])[13C@@]([2H])([13C](=O)O)N([2H])[2H]. The van der Waals surface area contributed by atoms with Gasteiger partial charge in [-0.15, -0.1) is 0 Å². The van der Waals surface area contributed by atoms with Crippen LogP contribution in [0.2, 0.25) is 5.65 Å². The zero-order valence-corrected chi connectivity index (χ0v) is 4.66. The molecule has 0 heterocycles. The first-order valence-corrected chi connectivity index (χ1v) is 2.08. The summed E-state index contributed by atoms with van der Waals surface area (Å²) in [6.07, 6.45) is -7.66. The van der Waals surface area contributed by atoms with Crippen LogP contribution in [0, 0.1) is 0 Å². The molecule has 5 N–H and O–H groups in total. The highest BCUT2D eigenvalue weighted by Gasteiger charge is 2.11. The Morgan fingerprint density at radius 2 is 2.60 bits per heavy atom. The maximum atomic E-state index is 11.2. The molecule has 1 atom stereocenters. The molecule has 0 aliphatic heterocycles. The predicted molar refractivity (Wildman–Crippen MR) is 34.0 cm³/mol. The van der Waals surface area contributed by atoms with E-state index >= 15 is 0 Å². The first-order valence-electron chi connectivity index (χ1n) is 6.37. The number of rotatable bonds is 5. The molecule has 0 bridgehead atoms. The number of amides is 1. The summed E-state index contributed by atoms with van der Waals surface area (Å²) in [6.45, 7) is 0. The number of nitrogens with two attached hydrogens (primary N) is 2. The van der Waals surface area contributed by atoms with E-state index in [-0.39, 0.29) is 0 Å². The van der Waals surface area contributed by atoms with Crippen LogP contribution in [0.3, 0.4) is 0 Å². The Balaban J connectivity index is 5.95. The summed E-state index contributed by atoms with van der Waals surface area (Å²) in [7, 11) is 0. The number of carboxylic acids is 1. The van der Waals surface area contributed by atoms with Crippen molar-refractivity contribution in [1.29, 1.82) is 0 Å². The molecule has 0 aromatic carbocycles. The second kappa shape index (κ2) is 3.84. The summed E-state index contributed by atoms with van der Waals surface area (Å²) in [5.74, 6) is -4.45. The Morgan fingerprint density at radius 3 is 3.00 bits per heavy atom. The minimum Gasteiger partial charge on any atom is -0.480 e. The van der Waals surface area contributed by atoms with Gasteiger partial charge in [0.15, 0.2) is 2.82 Å². The van der Waals surface area contributed by atoms with E-state index in [4.69, 9.17) is 17.6 Å². The van der Waals surface area contributed by atoms with Gasteiger partial charge in [0.25, 0.3) is 0 Å². The Labute approximate surface area is 70.9 Å². The Morgan fingerprint density at radius 1 is 1.90 bits per heavy atom. The second-order valence-electron chi connectivity index (χ2n) is 1.21. The molecule has 0 aromatic heterocycles. The van der Waals surface area contributed by atoms with Crippen LogP contribution in [-0.4, -0.2) is 23.0 Å². The first-order chi connectivity index (χ1) is 8.24. The van der Waals surface area contributed by atoms with Crippen LogP contribution in [0.1, 0.15) is 19.6 Å². The zero-order chi connectivity index (χ0) is 15.8. The fourth-order valence-electron chi connectivity index (χ4n) is 0.166. The van der Waals surface area contributed by atoms with Gasteiger partial charge < -0.3 is 16.5 Å². The molecule has 0 spiro atoms. The van der Waals surface area contributed by atoms with Crippen molar-refractivity contribution in [2.75, 3.05) is 0 Å². The van der Waals surface area contributed by atoms with Gasteiger partial charge in [0.2, 0.25) is 5.91 Å². The van der Waals surface area contributed by atoms with Crippen molar-refractivity contribution < 1.29 is 27.2 Å². The van der Waals surface area contributed by atoms with E-state index in [9.17, 15) is 9.59 Å². The standard InChI is InChI=1S/C5H10N2O3/c6-3(5(9)10)1-2-4(7)8/h3H,1-2,6H2,(H2,7,8)(H,9,10)/t3-/m0/s1/i1+1D2,2+1D2,3+1D,4+1,5+1/hD4. The lowest BCUT2D eigenvalue weighted by molar-refractivity contribution is -0.138. The van der Waals surface area contributed by atoms with Crippen LogP contribution in [0.5, 0.6) is 0 Å². The third-order valence-electron chi connectivity index (χ3n) is 0.490. The van der Waals surface area contributed by atoms with Gasteiger partial charge >= 0.3 is 5.97 Å². The molecule has 5 nitrogen and oxygen atoms in total. The van der Waals surface area contributed by atoms with Crippen molar-refractivity contribution in [2.45, 2.75) is 18.8 Å². The molecule has 0 unspecified atom stereocenters. The molecule has 0 fully saturated rings. The molecule has 0 rings (SSSR count). The molecule has 5 heteroatoms. The normalized spacial score (nSPS) is 31.5. The van der Waals surface area contributed by atoms with Gasteiger partial charge in [0, 0.05) is 11.9 Å². The van der Waals surface area contributed by atoms with Gasteiger partial charge in [-0.05, 0) is 6.37 Å². The molecule has 1 amide bonds. The molecule has 58 valence electrons. The monoisotopic (exact) mass is 160 g/mol. The summed E-state index contributed by atoms with van der Waals surface area (Å²) >= 11 is 0. The highest BCUT2D eigenvalue weighted by molar-refractivity contribution is 5.76. The number of carbonyl (C=O) groups excluding carboxylic acids is 1. The summed E-state index contributed by atoms with van der Waals surface area (Å²) < 4.78 is 62.9. The number of primary amides is 1. The van der Waals surface area contributed by atoms with Crippen molar-refractivity contribution in [2.24, 2.45) is 11.4 Å². The highest BCUT2D eigenvalue weighted by Crippen LogP contribution is 1.92. The molecular formula is C5H10N2O3. The number of hydrogen-bond donors (Lipinski definition) is 3. The van der Waals surface area contributed by atoms with Crippen LogP contribution in [0.15, 0.2) is 0 Å². The Bertz CT molecular complexity index is 386. The quantitative estimate of drug-likeness (QED) is 0.433. The van der Waals surface area contributed by atoms with Gasteiger partial charge in [-0.3, -0.25) is 9.59 Å². The molecule has 0 saturated heterocycles. The van der Waals surface area contributed by atoms with E-state index in [1.807, 2.05) is 0 Å². The van der Waals surface area contributed by atoms with Crippen molar-refractivity contribution in [3.63, 3.8) is 0 Å². The van der Waals surface area contributed by atoms with E-state index < -0.39 is 42.1 Å². The fourth-order valence-corrected chi connectivity index (χ4v) is 0.166. The molecule has 0 saturated carbocycles. The number of aliphatic carboxylic acids is 1. The predicted octanol–water partition coefficient (Wildman–Crippen LogP) is -1.34. The van der Waals surface area contributed by atoms with E-state index in [1.165, 1.54) is 0 Å². The minimum absolute atomic E-state index is 0.807. The summed E-state index contributed by atoms with van der Waals surface area (Å²) in [4.78, 5) is 22.1. The molecule has 0 aliphatic carbocycles. The summed E-state index contributed by atoms with van der Waals surface area (Å²) in [5, 5.41) is 8.73. The van der Waals surface area contributed by atoms with Crippen molar-refractivity contribution in [3.05, 3.63) is 0 Å². The van der Waals surface area contributed by atoms with Gasteiger partial charge in [-0.1, -0.05) is 0 Å². The third kappa shape index (κ3) is 3.85. The van der Waals surface area contributed by atoms with E-state index in [0.717, 1.165) is 0 Å². The molecule has 0 radical (unpaired) electrons. The van der Waals surface area contributed by atoms with Crippen molar-refractivity contribution >= 4 is 11.9 Å². The van der Waals surface area contributed by atoms with Gasteiger partial charge in [0.05, 0.1) is 1.37 Å². The van der Waals surface area contributed by atoms with E-state index in [2.05, 4.69) is 0 Å². The van der Waals surface area contributed by atoms with Crippen LogP contribution in [0.4, 0.5) is 0 Å². The first kappa shape index (κ1) is 1.94. The molecular weight excluding hydrogens is 141 g/mol. The van der Waals surface area contributed by atoms with Crippen LogP contribution < -0.4 is 11.4 Å². The zero-order valence-electron chi connectivity index (χ0n) is 13.7. The number of hydrogen-bond acceptors (Lipinski definition) is 3. The van der Waals surface area contributed by atoms with Crippen LogP contribution in [0.25, 0.3) is 0 Å². The maximum absolute atomic E-state index is 11.2. The Kier molecular flexibility index (Phi) is 0.746. The Hall–Kier alpha value is -1.10. The smallest absolute Gasteiger partial charge is 0.320 e. The van der Waals surface area contributed by atoms with Crippen molar-refractivity contribution in [1.82, 2.24) is 0 Å². The molecule has 0 aliphatic rings. The number of carbonyl (C=O) groups is 2. The topological polar surface area (TPSA) is 106 Å². The minimum atomic E-state index is -3.88. The molecule has 10 heavy (non-hydrogen) atoms. The number of carboxylic acid groups (broad SMARTS) is 1. The third-order valence-corrected chi connectivity index (χ3v) is 0.490. The van der Waals surface area contributed by atoms with Gasteiger partial charge in [-0.25, -0.2) is 0 Å². The second-order valence-corrected chi connectivity index (χ2v) is 1.21. The average Bonchev–Trinajstić information content (AvgIpc) is 2.25. The van der Waals surface area contributed by atoms with E-state index in [0.29, 0.717) is 0 Å². The largest absolute Gasteiger partial charge is 0.480 e. The summed E-state index contributed by atoms with van der Waals surface area (Å²) in [6, 6.07) is -3.78. The van der Waals surface area contributed by atoms with Crippen LogP contribution in [-0.2, 0) is 9.59 Å². The van der Waals surface area contributed by atoms with Crippen molar-refractivity contribution in [3.8, 4) is 0 Å². The molecule has 0 aromatic rings. The lowest BCUT2D eigenvalue weighted by Crippen LogP contribution is -2.31. The average molecular weight is 160 g/mol. The fraction of sp³-hybridized carbons (Fsp3) is 0.600. The summed E-state index contributed by atoms with van der Waals surface area (Å²) in [5.41, 5.74) is -1.71. The van der Waals surface area contributed by atoms with Gasteiger partial charge in [0.1, 0.15) is 8.84 Å². The van der Waals surface area contributed by atoms with Gasteiger partial charge in [-0.2, -0.15) is 0 Å². The van der Waals surface area contributed by atoms with Crippen LogP contribution >= 0.6 is 0 Å². The lowest BCUT2D eigenvalue weighted by Gasteiger charge is -2.01. The highest BCUT2D eigenvalue weighted by atomic mass is 16.5. The maximum Gasteiger partial charge on any atom is 0.320 e. The lowest BCUT2D eigenvalue weighted by atomic mass is 11.1. The van der Waals surface area contributed by atoms with E-state index in [1.54, 1.807) is 0 Å².